The van der Waals surface area contributed by atoms with Crippen molar-refractivity contribution < 1.29 is 38.7 Å². The Balaban J connectivity index is 1.23. The molecule has 2 aliphatic heterocycles. The number of carbonyl (C=O) groups is 2. The van der Waals surface area contributed by atoms with Gasteiger partial charge in [-0.05, 0) is 65.8 Å². The van der Waals surface area contributed by atoms with E-state index in [1.54, 1.807) is 14.2 Å². The standard InChI is InChI=1S/C37H46N2O8/c1-44-33-19-28-17-18-39(22-29(28)20-34(33)45-2)23-31-21-32(26-11-9-25(24-40)10-12-26)47-37(46-31)27-13-15-30(16-14-27)38-35(41)7-5-3-4-6-8-36(42)43/h9-16,19-20,31-32,37,40H,3-8,17-18,21-24H2,1-2H3,(H,38,41)(H,42,43)/t31-,32+,37+/m1/s1. The van der Waals surface area contributed by atoms with Crippen molar-refractivity contribution in [3.05, 3.63) is 88.5 Å². The number of aliphatic carboxylic acids is 1. The summed E-state index contributed by atoms with van der Waals surface area (Å²) in [7, 11) is 3.32. The molecule has 3 aromatic rings. The average Bonchev–Trinajstić information content (AvgIpc) is 3.09. The third kappa shape index (κ3) is 9.54. The second kappa shape index (κ2) is 16.7. The second-order valence-electron chi connectivity index (χ2n) is 12.3. The van der Waals surface area contributed by atoms with Crippen molar-refractivity contribution >= 4 is 17.6 Å². The van der Waals surface area contributed by atoms with E-state index in [-0.39, 0.29) is 31.1 Å². The largest absolute Gasteiger partial charge is 0.493 e. The smallest absolute Gasteiger partial charge is 0.303 e. The van der Waals surface area contributed by atoms with Gasteiger partial charge in [0.15, 0.2) is 17.8 Å². The molecule has 1 saturated heterocycles. The molecule has 0 unspecified atom stereocenters. The average molecular weight is 647 g/mol. The summed E-state index contributed by atoms with van der Waals surface area (Å²) in [5.74, 6) is 0.635. The molecule has 0 bridgehead atoms. The Morgan fingerprint density at radius 2 is 1.53 bits per heavy atom. The molecular weight excluding hydrogens is 600 g/mol. The van der Waals surface area contributed by atoms with Gasteiger partial charge < -0.3 is 34.5 Å². The molecule has 0 aromatic heterocycles. The van der Waals surface area contributed by atoms with Gasteiger partial charge in [-0.15, -0.1) is 0 Å². The zero-order valence-corrected chi connectivity index (χ0v) is 27.3. The number of rotatable bonds is 15. The predicted octanol–water partition coefficient (Wildman–Crippen LogP) is 6.16. The monoisotopic (exact) mass is 646 g/mol. The minimum absolute atomic E-state index is 0.0110. The number of unbranched alkanes of at least 4 members (excludes halogenated alkanes) is 3. The van der Waals surface area contributed by atoms with Crippen molar-refractivity contribution in [2.75, 3.05) is 32.6 Å². The molecule has 47 heavy (non-hydrogen) atoms. The Bertz CT molecular complexity index is 1480. The number of hydrogen-bond acceptors (Lipinski definition) is 8. The van der Waals surface area contributed by atoms with Crippen LogP contribution in [0.4, 0.5) is 5.69 Å². The fourth-order valence-electron chi connectivity index (χ4n) is 6.28. The summed E-state index contributed by atoms with van der Waals surface area (Å²) in [6, 6.07) is 19.6. The van der Waals surface area contributed by atoms with Gasteiger partial charge in [0, 0.05) is 50.1 Å². The highest BCUT2D eigenvalue weighted by atomic mass is 16.7. The zero-order chi connectivity index (χ0) is 33.2. The maximum atomic E-state index is 12.5. The normalized spacial score (nSPS) is 19.5. The van der Waals surface area contributed by atoms with E-state index in [9.17, 15) is 14.7 Å². The van der Waals surface area contributed by atoms with Crippen LogP contribution in [0.2, 0.25) is 0 Å². The quantitative estimate of drug-likeness (QED) is 0.166. The minimum Gasteiger partial charge on any atom is -0.493 e. The molecule has 10 nitrogen and oxygen atoms in total. The number of nitrogens with one attached hydrogen (secondary N) is 1. The van der Waals surface area contributed by atoms with E-state index >= 15 is 0 Å². The first-order valence-electron chi connectivity index (χ1n) is 16.4. The highest BCUT2D eigenvalue weighted by molar-refractivity contribution is 5.90. The van der Waals surface area contributed by atoms with Gasteiger partial charge >= 0.3 is 5.97 Å². The van der Waals surface area contributed by atoms with Gasteiger partial charge in [-0.1, -0.05) is 49.2 Å². The number of amides is 1. The summed E-state index contributed by atoms with van der Waals surface area (Å²) in [5.41, 5.74) is 5.95. The minimum atomic E-state index is -0.783. The van der Waals surface area contributed by atoms with Crippen LogP contribution >= 0.6 is 0 Å². The first-order valence-corrected chi connectivity index (χ1v) is 16.4. The molecule has 2 aliphatic rings. The Morgan fingerprint density at radius 1 is 0.872 bits per heavy atom. The first-order chi connectivity index (χ1) is 22.8. The van der Waals surface area contributed by atoms with E-state index in [0.29, 0.717) is 24.9 Å². The van der Waals surface area contributed by atoms with Crippen molar-refractivity contribution in [3.63, 3.8) is 0 Å². The molecule has 0 spiro atoms. The molecule has 1 fully saturated rings. The van der Waals surface area contributed by atoms with Crippen LogP contribution in [0.3, 0.4) is 0 Å². The maximum Gasteiger partial charge on any atom is 0.303 e. The molecule has 5 rings (SSSR count). The van der Waals surface area contributed by atoms with E-state index in [1.165, 1.54) is 11.1 Å². The van der Waals surface area contributed by atoms with Crippen LogP contribution in [0.25, 0.3) is 0 Å². The number of ether oxygens (including phenoxy) is 4. The van der Waals surface area contributed by atoms with Gasteiger partial charge in [0.1, 0.15) is 0 Å². The lowest BCUT2D eigenvalue weighted by Crippen LogP contribution is -2.41. The number of fused-ring (bicyclic) bond motifs is 1. The van der Waals surface area contributed by atoms with Gasteiger partial charge in [-0.3, -0.25) is 14.5 Å². The number of methoxy groups -OCH3 is 2. The number of nitrogens with zero attached hydrogens (tertiary/aromatic N) is 1. The molecule has 10 heteroatoms. The Hall–Kier alpha value is -3.96. The summed E-state index contributed by atoms with van der Waals surface area (Å²) in [6.07, 6.45) is 4.28. The Morgan fingerprint density at radius 3 is 2.19 bits per heavy atom. The number of benzene rings is 3. The molecule has 1 amide bonds. The van der Waals surface area contributed by atoms with Crippen molar-refractivity contribution in [1.82, 2.24) is 4.90 Å². The summed E-state index contributed by atoms with van der Waals surface area (Å²) in [5, 5.41) is 21.2. The fraction of sp³-hybridized carbons (Fsp3) is 0.459. The van der Waals surface area contributed by atoms with Crippen LogP contribution in [0.1, 0.15) is 85.2 Å². The molecule has 3 atom stereocenters. The molecule has 252 valence electrons. The van der Waals surface area contributed by atoms with Crippen molar-refractivity contribution in [1.29, 1.82) is 0 Å². The highest BCUT2D eigenvalue weighted by Gasteiger charge is 2.34. The van der Waals surface area contributed by atoms with E-state index in [2.05, 4.69) is 22.3 Å². The number of anilines is 1. The molecule has 3 aromatic carbocycles. The summed E-state index contributed by atoms with van der Waals surface area (Å²) in [6.45, 7) is 2.42. The predicted molar refractivity (Wildman–Crippen MR) is 177 cm³/mol. The van der Waals surface area contributed by atoms with Gasteiger partial charge in [-0.2, -0.15) is 0 Å². The number of aliphatic hydroxyl groups excluding tert-OH is 1. The van der Waals surface area contributed by atoms with Gasteiger partial charge in [-0.25, -0.2) is 0 Å². The molecular formula is C37H46N2O8. The summed E-state index contributed by atoms with van der Waals surface area (Å²) in [4.78, 5) is 25.5. The van der Waals surface area contributed by atoms with Crippen LogP contribution < -0.4 is 14.8 Å². The lowest BCUT2D eigenvalue weighted by atomic mass is 9.97. The third-order valence-corrected chi connectivity index (χ3v) is 8.88. The van der Waals surface area contributed by atoms with E-state index in [1.807, 2.05) is 48.5 Å². The lowest BCUT2D eigenvalue weighted by Gasteiger charge is -2.39. The molecule has 0 radical (unpaired) electrons. The SMILES string of the molecule is COc1cc2c(cc1OC)CN(C[C@H]1C[C@@H](c3ccc(CO)cc3)O[C@@H](c3ccc(NC(=O)CCCCCCC(=O)O)cc3)O1)CC2. The maximum absolute atomic E-state index is 12.5. The fourth-order valence-corrected chi connectivity index (χ4v) is 6.28. The molecule has 0 saturated carbocycles. The van der Waals surface area contributed by atoms with Crippen LogP contribution in [0, 0.1) is 0 Å². The number of carbonyl (C=O) groups excluding carboxylic acids is 1. The van der Waals surface area contributed by atoms with Crippen molar-refractivity contribution in [2.45, 2.75) is 83.0 Å². The second-order valence-corrected chi connectivity index (χ2v) is 12.3. The number of carboxylic acids is 1. The Labute approximate surface area is 276 Å². The molecule has 0 aliphatic carbocycles. The van der Waals surface area contributed by atoms with Crippen molar-refractivity contribution in [2.24, 2.45) is 0 Å². The summed E-state index contributed by atoms with van der Waals surface area (Å²) < 4.78 is 24.2. The first kappa shape index (κ1) is 34.4. The lowest BCUT2D eigenvalue weighted by molar-refractivity contribution is -0.253. The van der Waals surface area contributed by atoms with E-state index in [0.717, 1.165) is 73.5 Å². The van der Waals surface area contributed by atoms with Gasteiger partial charge in [0.05, 0.1) is 33.0 Å². The topological polar surface area (TPSA) is 127 Å². The van der Waals surface area contributed by atoms with Crippen LogP contribution in [-0.2, 0) is 38.6 Å². The van der Waals surface area contributed by atoms with E-state index in [4.69, 9.17) is 24.1 Å². The number of aliphatic hydroxyl groups is 1. The van der Waals surface area contributed by atoms with E-state index < -0.39 is 12.3 Å². The van der Waals surface area contributed by atoms with Crippen molar-refractivity contribution in [3.8, 4) is 11.5 Å². The van der Waals surface area contributed by atoms with Gasteiger partial charge in [0.25, 0.3) is 0 Å². The van der Waals surface area contributed by atoms with Crippen LogP contribution in [0.5, 0.6) is 11.5 Å². The number of hydrogen-bond donors (Lipinski definition) is 3. The third-order valence-electron chi connectivity index (χ3n) is 8.88. The zero-order valence-electron chi connectivity index (χ0n) is 27.3. The Kier molecular flexibility index (Phi) is 12.2. The van der Waals surface area contributed by atoms with Gasteiger partial charge in [0.2, 0.25) is 5.91 Å². The number of carboxylic acid groups (broad SMARTS) is 1. The highest BCUT2D eigenvalue weighted by Crippen LogP contribution is 2.39. The summed E-state index contributed by atoms with van der Waals surface area (Å²) >= 11 is 0. The van der Waals surface area contributed by atoms with Crippen LogP contribution in [0.15, 0.2) is 60.7 Å². The molecule has 3 N–H and O–H groups in total. The molecule has 2 heterocycles. The van der Waals surface area contributed by atoms with Crippen LogP contribution in [-0.4, -0.2) is 60.4 Å².